The topological polar surface area (TPSA) is 3.24 Å². The lowest BCUT2D eigenvalue weighted by Crippen LogP contribution is -2.19. The molecule has 0 heterocycles. The summed E-state index contributed by atoms with van der Waals surface area (Å²) in [6.45, 7) is 20.9. The average molecular weight is 231 g/mol. The molecular weight excluding hydrogens is 206 g/mol. The zero-order valence-corrected chi connectivity index (χ0v) is 11.9. The fourth-order valence-electron chi connectivity index (χ4n) is 1.29. The van der Waals surface area contributed by atoms with E-state index in [0.717, 1.165) is 29.0 Å². The van der Waals surface area contributed by atoms with Crippen LogP contribution in [0.1, 0.15) is 27.7 Å². The summed E-state index contributed by atoms with van der Waals surface area (Å²) in [5.41, 5.74) is 5.61. The lowest BCUT2D eigenvalue weighted by atomic mass is 10.1. The Morgan fingerprint density at radius 2 is 1.41 bits per heavy atom. The molecule has 0 aliphatic heterocycles. The van der Waals surface area contributed by atoms with Crippen molar-refractivity contribution < 1.29 is 0 Å². The molecule has 17 heavy (non-hydrogen) atoms. The van der Waals surface area contributed by atoms with E-state index < -0.39 is 0 Å². The first-order valence-corrected chi connectivity index (χ1v) is 5.81. The van der Waals surface area contributed by atoms with Gasteiger partial charge in [0.05, 0.1) is 0 Å². The van der Waals surface area contributed by atoms with Crippen molar-refractivity contribution in [2.45, 2.75) is 27.7 Å². The lowest BCUT2D eigenvalue weighted by Gasteiger charge is -2.22. The maximum absolute atomic E-state index is 4.10. The van der Waals surface area contributed by atoms with Crippen LogP contribution in [0.25, 0.3) is 0 Å². The quantitative estimate of drug-likeness (QED) is 0.481. The Hall–Kier alpha value is -1.50. The molecule has 0 fully saturated rings. The molecule has 0 aromatic carbocycles. The van der Waals surface area contributed by atoms with E-state index in [9.17, 15) is 0 Å². The number of hydrogen-bond acceptors (Lipinski definition) is 1. The zero-order valence-electron chi connectivity index (χ0n) is 11.9. The van der Waals surface area contributed by atoms with Crippen molar-refractivity contribution in [3.8, 4) is 0 Å². The second-order valence-electron chi connectivity index (χ2n) is 4.74. The predicted molar refractivity (Wildman–Crippen MR) is 78.9 cm³/mol. The Labute approximate surface area is 107 Å². The number of likely N-dealkylation sites (N-methyl/N-ethyl adjacent to an activating group) is 1. The van der Waals surface area contributed by atoms with Crippen molar-refractivity contribution in [1.29, 1.82) is 0 Å². The summed E-state index contributed by atoms with van der Waals surface area (Å²) in [7, 11) is 2.03. The number of hydrogen-bond donors (Lipinski definition) is 0. The minimum atomic E-state index is 0.840. The molecule has 0 amide bonds. The van der Waals surface area contributed by atoms with E-state index in [0.29, 0.717) is 0 Å². The highest BCUT2D eigenvalue weighted by Gasteiger charge is 2.03. The minimum absolute atomic E-state index is 0.840. The standard InChI is InChI=1S/C16H25N/c1-12(2)11-17(8)16(7)15(6)10-9-14(5)13(3)4/h9-10H,1,3,7,11H2,2,4-6,8H3/b14-9-,15-10+. The summed E-state index contributed by atoms with van der Waals surface area (Å²) in [6.07, 6.45) is 4.17. The molecule has 0 bridgehead atoms. The van der Waals surface area contributed by atoms with Crippen LogP contribution in [0, 0.1) is 0 Å². The van der Waals surface area contributed by atoms with E-state index in [1.54, 1.807) is 0 Å². The number of rotatable bonds is 6. The van der Waals surface area contributed by atoms with Gasteiger partial charge in [-0.15, -0.1) is 0 Å². The van der Waals surface area contributed by atoms with Gasteiger partial charge in [-0.1, -0.05) is 43.0 Å². The lowest BCUT2D eigenvalue weighted by molar-refractivity contribution is 0.464. The summed E-state index contributed by atoms with van der Waals surface area (Å²) >= 11 is 0. The first kappa shape index (κ1) is 15.5. The molecule has 0 aliphatic rings. The summed E-state index contributed by atoms with van der Waals surface area (Å²) in [6, 6.07) is 0. The summed E-state index contributed by atoms with van der Waals surface area (Å²) in [5.74, 6) is 0. The van der Waals surface area contributed by atoms with Crippen molar-refractivity contribution in [2.75, 3.05) is 13.6 Å². The van der Waals surface area contributed by atoms with Crippen LogP contribution in [0.2, 0.25) is 0 Å². The van der Waals surface area contributed by atoms with Gasteiger partial charge in [0, 0.05) is 19.3 Å². The fourth-order valence-corrected chi connectivity index (χ4v) is 1.29. The van der Waals surface area contributed by atoms with Crippen LogP contribution < -0.4 is 0 Å². The second-order valence-corrected chi connectivity index (χ2v) is 4.74. The minimum Gasteiger partial charge on any atom is -0.371 e. The molecule has 0 saturated carbocycles. The van der Waals surface area contributed by atoms with Crippen LogP contribution in [-0.4, -0.2) is 18.5 Å². The molecule has 0 spiro atoms. The SMILES string of the molecule is C=C(C)CN(C)C(=C)/C(C)=C/C=C(/C)C(=C)C. The average Bonchev–Trinajstić information content (AvgIpc) is 2.22. The van der Waals surface area contributed by atoms with Crippen molar-refractivity contribution in [1.82, 2.24) is 4.90 Å². The van der Waals surface area contributed by atoms with Crippen LogP contribution in [0.15, 0.2) is 59.9 Å². The molecule has 0 atom stereocenters. The Morgan fingerprint density at radius 3 is 1.82 bits per heavy atom. The van der Waals surface area contributed by atoms with Gasteiger partial charge in [0.2, 0.25) is 0 Å². The van der Waals surface area contributed by atoms with Gasteiger partial charge in [0.1, 0.15) is 0 Å². The predicted octanol–water partition coefficient (Wildman–Crippen LogP) is 4.48. The Bertz CT molecular complexity index is 380. The fraction of sp³-hybridized carbons (Fsp3) is 0.375. The maximum Gasteiger partial charge on any atom is 0.0380 e. The van der Waals surface area contributed by atoms with Crippen LogP contribution >= 0.6 is 0 Å². The summed E-state index contributed by atoms with van der Waals surface area (Å²) < 4.78 is 0. The molecular formula is C16H25N. The van der Waals surface area contributed by atoms with Gasteiger partial charge in [-0.2, -0.15) is 0 Å². The van der Waals surface area contributed by atoms with Crippen molar-refractivity contribution >= 4 is 0 Å². The first-order valence-electron chi connectivity index (χ1n) is 5.81. The van der Waals surface area contributed by atoms with Crippen molar-refractivity contribution in [3.05, 3.63) is 59.9 Å². The van der Waals surface area contributed by atoms with Gasteiger partial charge in [-0.25, -0.2) is 0 Å². The second kappa shape index (κ2) is 6.95. The normalized spacial score (nSPS) is 12.3. The highest BCUT2D eigenvalue weighted by Crippen LogP contribution is 2.14. The summed E-state index contributed by atoms with van der Waals surface area (Å²) in [4.78, 5) is 2.11. The third kappa shape index (κ3) is 5.96. The van der Waals surface area contributed by atoms with E-state index in [4.69, 9.17) is 0 Å². The van der Waals surface area contributed by atoms with E-state index in [-0.39, 0.29) is 0 Å². The van der Waals surface area contributed by atoms with E-state index >= 15 is 0 Å². The molecule has 94 valence electrons. The van der Waals surface area contributed by atoms with Crippen molar-refractivity contribution in [3.63, 3.8) is 0 Å². The molecule has 0 radical (unpaired) electrons. The molecule has 1 nitrogen and oxygen atoms in total. The molecule has 0 aliphatic carbocycles. The molecule has 0 rings (SSSR count). The van der Waals surface area contributed by atoms with Crippen LogP contribution in [0.4, 0.5) is 0 Å². The van der Waals surface area contributed by atoms with E-state index in [1.165, 1.54) is 5.57 Å². The molecule has 0 unspecified atom stereocenters. The zero-order chi connectivity index (χ0) is 13.6. The third-order valence-corrected chi connectivity index (χ3v) is 2.68. The Balaban J connectivity index is 4.70. The van der Waals surface area contributed by atoms with Gasteiger partial charge in [0.25, 0.3) is 0 Å². The van der Waals surface area contributed by atoms with Crippen molar-refractivity contribution in [2.24, 2.45) is 0 Å². The molecule has 0 aromatic rings. The Morgan fingerprint density at radius 1 is 0.941 bits per heavy atom. The molecule has 0 aromatic heterocycles. The maximum atomic E-state index is 4.10. The monoisotopic (exact) mass is 231 g/mol. The van der Waals surface area contributed by atoms with Crippen LogP contribution in [0.5, 0.6) is 0 Å². The van der Waals surface area contributed by atoms with Gasteiger partial charge in [-0.05, 0) is 38.8 Å². The van der Waals surface area contributed by atoms with Gasteiger partial charge < -0.3 is 4.90 Å². The number of allylic oxidation sites excluding steroid dienone is 5. The first-order chi connectivity index (χ1) is 7.75. The largest absolute Gasteiger partial charge is 0.371 e. The van der Waals surface area contributed by atoms with E-state index in [1.807, 2.05) is 20.9 Å². The number of nitrogens with zero attached hydrogens (tertiary/aromatic N) is 1. The highest BCUT2D eigenvalue weighted by molar-refractivity contribution is 5.34. The summed E-state index contributed by atoms with van der Waals surface area (Å²) in [5, 5.41) is 0. The highest BCUT2D eigenvalue weighted by atomic mass is 15.1. The van der Waals surface area contributed by atoms with Crippen LogP contribution in [0.3, 0.4) is 0 Å². The van der Waals surface area contributed by atoms with Gasteiger partial charge in [0.15, 0.2) is 0 Å². The Kier molecular flexibility index (Phi) is 6.34. The van der Waals surface area contributed by atoms with E-state index in [2.05, 4.69) is 50.6 Å². The van der Waals surface area contributed by atoms with Crippen LogP contribution in [-0.2, 0) is 0 Å². The third-order valence-electron chi connectivity index (χ3n) is 2.68. The van der Waals surface area contributed by atoms with Gasteiger partial charge in [-0.3, -0.25) is 0 Å². The van der Waals surface area contributed by atoms with Gasteiger partial charge >= 0.3 is 0 Å². The molecule has 1 heteroatoms. The smallest absolute Gasteiger partial charge is 0.0380 e. The molecule has 0 saturated heterocycles. The molecule has 0 N–H and O–H groups in total.